The minimum atomic E-state index is 0.202. The highest BCUT2D eigenvalue weighted by atomic mass is 32.1. The Labute approximate surface area is 87.5 Å². The average Bonchev–Trinajstić information content (AvgIpc) is 2.16. The Morgan fingerprint density at radius 2 is 1.85 bits per heavy atom. The molecule has 0 bridgehead atoms. The van der Waals surface area contributed by atoms with Crippen molar-refractivity contribution < 1.29 is 5.11 Å². The summed E-state index contributed by atoms with van der Waals surface area (Å²) in [6.07, 6.45) is 7.45. The lowest BCUT2D eigenvalue weighted by atomic mass is 10.0. The van der Waals surface area contributed by atoms with Gasteiger partial charge in [-0.25, -0.2) is 0 Å². The maximum atomic E-state index is 8.86. The molecule has 1 atom stereocenters. The van der Waals surface area contributed by atoms with Crippen LogP contribution in [-0.4, -0.2) is 16.6 Å². The summed E-state index contributed by atoms with van der Waals surface area (Å²) in [6, 6.07) is 0. The molecule has 13 heavy (non-hydrogen) atoms. The molecule has 1 N–H and O–H groups in total. The lowest BCUT2D eigenvalue weighted by Crippen LogP contribution is -2.12. The predicted molar refractivity (Wildman–Crippen MR) is 62.2 cm³/mol. The first-order valence-electron chi connectivity index (χ1n) is 5.36. The van der Waals surface area contributed by atoms with E-state index in [9.17, 15) is 0 Å². The first kappa shape index (κ1) is 13.1. The molecule has 0 saturated carbocycles. The van der Waals surface area contributed by atoms with Gasteiger partial charge in [-0.2, -0.15) is 0 Å². The quantitative estimate of drug-likeness (QED) is 0.481. The van der Waals surface area contributed by atoms with Gasteiger partial charge in [0, 0.05) is 5.92 Å². The van der Waals surface area contributed by atoms with Gasteiger partial charge in [0.15, 0.2) is 0 Å². The zero-order valence-corrected chi connectivity index (χ0v) is 9.70. The molecule has 0 fully saturated rings. The summed E-state index contributed by atoms with van der Waals surface area (Å²) in [6.45, 7) is 4.42. The molecule has 0 spiro atoms. The molecule has 2 heteroatoms. The Hall–Kier alpha value is 0.0500. The Morgan fingerprint density at radius 3 is 2.38 bits per heavy atom. The number of rotatable bonds is 8. The van der Waals surface area contributed by atoms with Crippen LogP contribution in [0.15, 0.2) is 0 Å². The highest BCUT2D eigenvalue weighted by Gasteiger charge is 2.05. The topological polar surface area (TPSA) is 20.2 Å². The van der Waals surface area contributed by atoms with Gasteiger partial charge in [0.25, 0.3) is 0 Å². The summed E-state index contributed by atoms with van der Waals surface area (Å²) >= 11 is 5.19. The van der Waals surface area contributed by atoms with Crippen molar-refractivity contribution in [3.8, 4) is 0 Å². The molecular formula is C11H22OS. The van der Waals surface area contributed by atoms with Crippen molar-refractivity contribution in [1.82, 2.24) is 0 Å². The summed E-state index contributed by atoms with van der Waals surface area (Å²) in [7, 11) is 0. The number of unbranched alkanes of at least 4 members (excludes halogenated alkanes) is 4. The fraction of sp³-hybridized carbons (Fsp3) is 0.909. The number of hydrogen-bond acceptors (Lipinski definition) is 2. The third-order valence-electron chi connectivity index (χ3n) is 2.35. The second-order valence-corrected chi connectivity index (χ2v) is 4.24. The van der Waals surface area contributed by atoms with Crippen molar-refractivity contribution in [2.24, 2.45) is 5.92 Å². The van der Waals surface area contributed by atoms with Crippen molar-refractivity contribution in [1.29, 1.82) is 0 Å². The van der Waals surface area contributed by atoms with Gasteiger partial charge in [0.2, 0.25) is 0 Å². The van der Waals surface area contributed by atoms with Gasteiger partial charge in [-0.1, -0.05) is 51.7 Å². The summed E-state index contributed by atoms with van der Waals surface area (Å²) < 4.78 is 0. The van der Waals surface area contributed by atoms with Crippen molar-refractivity contribution >= 4 is 17.1 Å². The van der Waals surface area contributed by atoms with E-state index in [4.69, 9.17) is 17.3 Å². The molecule has 1 nitrogen and oxygen atoms in total. The first-order valence-corrected chi connectivity index (χ1v) is 5.76. The molecule has 0 aromatic carbocycles. The second-order valence-electron chi connectivity index (χ2n) is 3.71. The van der Waals surface area contributed by atoms with E-state index < -0.39 is 0 Å². The third kappa shape index (κ3) is 7.15. The van der Waals surface area contributed by atoms with Crippen molar-refractivity contribution in [3.05, 3.63) is 0 Å². The van der Waals surface area contributed by atoms with Gasteiger partial charge in [0.1, 0.15) is 0 Å². The minimum absolute atomic E-state index is 0.202. The average molecular weight is 202 g/mol. The molecule has 0 aromatic rings. The smallest absolute Gasteiger partial charge is 0.0502 e. The van der Waals surface area contributed by atoms with E-state index in [1.54, 1.807) is 0 Å². The van der Waals surface area contributed by atoms with Crippen molar-refractivity contribution in [2.45, 2.75) is 52.4 Å². The van der Waals surface area contributed by atoms with E-state index in [0.717, 1.165) is 11.3 Å². The lowest BCUT2D eigenvalue weighted by molar-refractivity contribution is 0.270. The maximum Gasteiger partial charge on any atom is 0.0502 e. The first-order chi connectivity index (χ1) is 6.22. The predicted octanol–water partition coefficient (Wildman–Crippen LogP) is 3.35. The molecule has 0 aliphatic carbocycles. The summed E-state index contributed by atoms with van der Waals surface area (Å²) in [5.41, 5.74) is 0. The third-order valence-corrected chi connectivity index (χ3v) is 2.96. The van der Waals surface area contributed by atoms with E-state index in [1.165, 1.54) is 32.1 Å². The van der Waals surface area contributed by atoms with Crippen molar-refractivity contribution in [2.75, 3.05) is 6.61 Å². The lowest BCUT2D eigenvalue weighted by Gasteiger charge is -2.09. The molecule has 0 rings (SSSR count). The van der Waals surface area contributed by atoms with Gasteiger partial charge >= 0.3 is 0 Å². The van der Waals surface area contributed by atoms with Gasteiger partial charge < -0.3 is 5.11 Å². The standard InChI is InChI=1S/C11H22OS/c1-3-4-5-6-7-8-11(13)10(2)9-12/h10,12H,3-9H2,1-2H3. The van der Waals surface area contributed by atoms with Crippen LogP contribution < -0.4 is 0 Å². The summed E-state index contributed by atoms with van der Waals surface area (Å²) in [5.74, 6) is 0.209. The van der Waals surface area contributed by atoms with E-state index in [1.807, 2.05) is 6.92 Å². The number of hydrogen-bond donors (Lipinski definition) is 1. The van der Waals surface area contributed by atoms with Gasteiger partial charge in [-0.3, -0.25) is 0 Å². The second kappa shape index (κ2) is 8.64. The SMILES string of the molecule is CCCCCCCC(=S)C(C)CO. The molecule has 0 aromatic heterocycles. The van der Waals surface area contributed by atoms with Crippen LogP contribution in [0.4, 0.5) is 0 Å². The van der Waals surface area contributed by atoms with Gasteiger partial charge in [-0.15, -0.1) is 0 Å². The van der Waals surface area contributed by atoms with Gasteiger partial charge in [0.05, 0.1) is 6.61 Å². The van der Waals surface area contributed by atoms with Gasteiger partial charge in [-0.05, 0) is 17.7 Å². The fourth-order valence-electron chi connectivity index (χ4n) is 1.25. The molecule has 0 saturated heterocycles. The highest BCUT2D eigenvalue weighted by Crippen LogP contribution is 2.10. The zero-order valence-electron chi connectivity index (χ0n) is 8.88. The van der Waals surface area contributed by atoms with Crippen LogP contribution in [-0.2, 0) is 0 Å². The molecule has 0 radical (unpaired) electrons. The maximum absolute atomic E-state index is 8.86. The van der Waals surface area contributed by atoms with Crippen LogP contribution >= 0.6 is 12.2 Å². The largest absolute Gasteiger partial charge is 0.396 e. The minimum Gasteiger partial charge on any atom is -0.396 e. The van der Waals surface area contributed by atoms with Crippen LogP contribution in [0.1, 0.15) is 52.4 Å². The number of thiocarbonyl (C=S) groups is 1. The molecule has 0 heterocycles. The van der Waals surface area contributed by atoms with E-state index in [2.05, 4.69) is 6.92 Å². The summed E-state index contributed by atoms with van der Waals surface area (Å²) in [4.78, 5) is 1.04. The van der Waals surface area contributed by atoms with Crippen LogP contribution in [0, 0.1) is 5.92 Å². The van der Waals surface area contributed by atoms with Crippen LogP contribution in [0.5, 0.6) is 0 Å². The van der Waals surface area contributed by atoms with E-state index in [0.29, 0.717) is 0 Å². The van der Waals surface area contributed by atoms with Crippen LogP contribution in [0.25, 0.3) is 0 Å². The number of aliphatic hydroxyl groups is 1. The van der Waals surface area contributed by atoms with Crippen molar-refractivity contribution in [3.63, 3.8) is 0 Å². The molecule has 0 aliphatic heterocycles. The van der Waals surface area contributed by atoms with E-state index in [-0.39, 0.29) is 12.5 Å². The Morgan fingerprint density at radius 1 is 1.23 bits per heavy atom. The normalized spacial score (nSPS) is 12.8. The van der Waals surface area contributed by atoms with Crippen LogP contribution in [0.2, 0.25) is 0 Å². The zero-order chi connectivity index (χ0) is 10.1. The fourth-order valence-corrected chi connectivity index (χ4v) is 1.47. The Bertz CT molecular complexity index is 134. The highest BCUT2D eigenvalue weighted by molar-refractivity contribution is 7.80. The Balaban J connectivity index is 3.27. The summed E-state index contributed by atoms with van der Waals surface area (Å²) in [5, 5.41) is 8.86. The Kier molecular flexibility index (Phi) is 8.67. The monoisotopic (exact) mass is 202 g/mol. The molecule has 78 valence electrons. The number of aliphatic hydroxyl groups excluding tert-OH is 1. The molecule has 0 amide bonds. The van der Waals surface area contributed by atoms with Crippen LogP contribution in [0.3, 0.4) is 0 Å². The molecular weight excluding hydrogens is 180 g/mol. The van der Waals surface area contributed by atoms with E-state index >= 15 is 0 Å². The molecule has 1 unspecified atom stereocenters. The molecule has 0 aliphatic rings.